The van der Waals surface area contributed by atoms with Crippen molar-refractivity contribution in [3.05, 3.63) is 63.2 Å². The number of carbonyl (C=O) groups excluding carboxylic acids is 1. The minimum Gasteiger partial charge on any atom is -0.493 e. The molecule has 0 spiro atoms. The van der Waals surface area contributed by atoms with Crippen LogP contribution in [0.25, 0.3) is 10.9 Å². The Hall–Kier alpha value is -4.15. The molecular weight excluding hydrogens is 430 g/mol. The maximum atomic E-state index is 12.8. The number of aryl methyl sites for hydroxylation is 1. The molecule has 11 nitrogen and oxygen atoms in total. The first-order chi connectivity index (χ1) is 15.9. The Balaban J connectivity index is 1.45. The van der Waals surface area contributed by atoms with Crippen LogP contribution in [0.15, 0.2) is 47.5 Å². The van der Waals surface area contributed by atoms with Gasteiger partial charge in [-0.05, 0) is 24.6 Å². The zero-order valence-corrected chi connectivity index (χ0v) is 18.4. The van der Waals surface area contributed by atoms with Crippen LogP contribution in [0, 0.1) is 10.1 Å². The van der Waals surface area contributed by atoms with E-state index in [-0.39, 0.29) is 23.6 Å². The first kappa shape index (κ1) is 23.5. The van der Waals surface area contributed by atoms with Crippen LogP contribution in [0.3, 0.4) is 0 Å². The number of aromatic nitrogens is 2. The van der Waals surface area contributed by atoms with E-state index in [4.69, 9.17) is 9.47 Å². The number of amides is 1. The number of fused-ring (bicyclic) bond motifs is 1. The summed E-state index contributed by atoms with van der Waals surface area (Å²) in [5, 5.41) is 16.9. The van der Waals surface area contributed by atoms with Crippen LogP contribution in [-0.4, -0.2) is 47.7 Å². The predicted molar refractivity (Wildman–Crippen MR) is 123 cm³/mol. The van der Waals surface area contributed by atoms with Gasteiger partial charge in [-0.2, -0.15) is 0 Å². The van der Waals surface area contributed by atoms with Crippen molar-refractivity contribution < 1.29 is 19.2 Å². The quantitative estimate of drug-likeness (QED) is 0.255. The van der Waals surface area contributed by atoms with Gasteiger partial charge in [0.05, 0.1) is 36.4 Å². The maximum absolute atomic E-state index is 12.8. The number of ether oxygens (including phenoxy) is 2. The Labute approximate surface area is 189 Å². The fourth-order valence-corrected chi connectivity index (χ4v) is 3.25. The molecule has 2 N–H and O–H groups in total. The molecule has 0 unspecified atom stereocenters. The van der Waals surface area contributed by atoms with Gasteiger partial charge >= 0.3 is 0 Å². The SMILES string of the molecule is COc1cc2ncn(CCCC(=O)NCCNc3ccc([N+](=O)[O-])cc3)c(=O)c2cc1OC. The number of anilines is 1. The molecule has 0 saturated carbocycles. The summed E-state index contributed by atoms with van der Waals surface area (Å²) in [6, 6.07) is 9.30. The Morgan fingerprint density at radius 3 is 2.48 bits per heavy atom. The van der Waals surface area contributed by atoms with Gasteiger partial charge in [0.25, 0.3) is 11.2 Å². The largest absolute Gasteiger partial charge is 0.493 e. The second kappa shape index (κ2) is 10.9. The highest BCUT2D eigenvalue weighted by atomic mass is 16.6. The second-order valence-corrected chi connectivity index (χ2v) is 7.15. The standard InChI is InChI=1S/C22H25N5O6/c1-32-19-12-17-18(13-20(19)33-2)25-14-26(22(17)29)11-3-4-21(28)24-10-9-23-15-5-7-16(8-6-15)27(30)31/h5-8,12-14,23H,3-4,9-11H2,1-2H3,(H,24,28). The predicted octanol–water partition coefficient (Wildman–Crippen LogP) is 2.33. The Morgan fingerprint density at radius 2 is 1.82 bits per heavy atom. The lowest BCUT2D eigenvalue weighted by Gasteiger charge is -2.11. The Morgan fingerprint density at radius 1 is 1.12 bits per heavy atom. The zero-order chi connectivity index (χ0) is 23.8. The minimum atomic E-state index is -0.458. The molecule has 3 aromatic rings. The number of hydrogen-bond acceptors (Lipinski definition) is 8. The van der Waals surface area contributed by atoms with Gasteiger partial charge < -0.3 is 20.1 Å². The summed E-state index contributed by atoms with van der Waals surface area (Å²) in [7, 11) is 3.01. The van der Waals surface area contributed by atoms with Gasteiger partial charge in [-0.3, -0.25) is 24.3 Å². The summed E-state index contributed by atoms with van der Waals surface area (Å²) in [4.78, 5) is 39.3. The van der Waals surface area contributed by atoms with Crippen molar-refractivity contribution in [3.63, 3.8) is 0 Å². The number of methoxy groups -OCH3 is 2. The highest BCUT2D eigenvalue weighted by molar-refractivity contribution is 5.81. The van der Waals surface area contributed by atoms with Crippen molar-refractivity contribution in [1.82, 2.24) is 14.9 Å². The van der Waals surface area contributed by atoms with Crippen LogP contribution < -0.4 is 25.7 Å². The third kappa shape index (κ3) is 5.97. The van der Waals surface area contributed by atoms with E-state index in [0.29, 0.717) is 48.5 Å². The highest BCUT2D eigenvalue weighted by Crippen LogP contribution is 2.29. The van der Waals surface area contributed by atoms with E-state index >= 15 is 0 Å². The summed E-state index contributed by atoms with van der Waals surface area (Å²) in [6.45, 7) is 1.22. The van der Waals surface area contributed by atoms with E-state index in [0.717, 1.165) is 5.69 Å². The molecule has 1 heterocycles. The third-order valence-electron chi connectivity index (χ3n) is 4.99. The summed E-state index contributed by atoms with van der Waals surface area (Å²) in [6.07, 6.45) is 2.19. The smallest absolute Gasteiger partial charge is 0.269 e. The maximum Gasteiger partial charge on any atom is 0.269 e. The Kier molecular flexibility index (Phi) is 7.79. The fraction of sp³-hybridized carbons (Fsp3) is 0.318. The first-order valence-corrected chi connectivity index (χ1v) is 10.3. The highest BCUT2D eigenvalue weighted by Gasteiger charge is 2.11. The number of rotatable bonds is 11. The average Bonchev–Trinajstić information content (AvgIpc) is 2.82. The Bertz CT molecular complexity index is 1190. The number of benzene rings is 2. The second-order valence-electron chi connectivity index (χ2n) is 7.15. The molecule has 2 aromatic carbocycles. The van der Waals surface area contributed by atoms with Crippen LogP contribution in [0.1, 0.15) is 12.8 Å². The van der Waals surface area contributed by atoms with E-state index in [1.807, 2.05) is 0 Å². The molecule has 33 heavy (non-hydrogen) atoms. The normalized spacial score (nSPS) is 10.6. The molecule has 0 fully saturated rings. The summed E-state index contributed by atoms with van der Waals surface area (Å²) in [5.41, 5.74) is 1.04. The van der Waals surface area contributed by atoms with Crippen molar-refractivity contribution in [1.29, 1.82) is 0 Å². The van der Waals surface area contributed by atoms with Crippen molar-refractivity contribution >= 4 is 28.2 Å². The average molecular weight is 455 g/mol. The number of nitro groups is 1. The number of nitro benzene ring substituents is 1. The number of nitrogens with zero attached hydrogens (tertiary/aromatic N) is 3. The molecule has 0 bridgehead atoms. The number of non-ortho nitro benzene ring substituents is 1. The summed E-state index contributed by atoms with van der Waals surface area (Å²) in [5.74, 6) is 0.812. The van der Waals surface area contributed by atoms with Crippen molar-refractivity contribution in [2.45, 2.75) is 19.4 Å². The molecule has 0 radical (unpaired) electrons. The molecule has 0 aliphatic rings. The van der Waals surface area contributed by atoms with Crippen LogP contribution >= 0.6 is 0 Å². The van der Waals surface area contributed by atoms with Gasteiger partial charge in [-0.1, -0.05) is 0 Å². The van der Waals surface area contributed by atoms with E-state index in [9.17, 15) is 19.7 Å². The summed E-state index contributed by atoms with van der Waals surface area (Å²) < 4.78 is 12.0. The monoisotopic (exact) mass is 455 g/mol. The lowest BCUT2D eigenvalue weighted by atomic mass is 10.2. The molecule has 3 rings (SSSR count). The lowest BCUT2D eigenvalue weighted by molar-refractivity contribution is -0.384. The first-order valence-electron chi connectivity index (χ1n) is 10.3. The zero-order valence-electron chi connectivity index (χ0n) is 18.4. The lowest BCUT2D eigenvalue weighted by Crippen LogP contribution is -2.29. The van der Waals surface area contributed by atoms with Crippen LogP contribution in [0.5, 0.6) is 11.5 Å². The van der Waals surface area contributed by atoms with E-state index in [1.165, 1.54) is 37.2 Å². The van der Waals surface area contributed by atoms with Crippen LogP contribution in [-0.2, 0) is 11.3 Å². The van der Waals surface area contributed by atoms with Gasteiger partial charge in [0, 0.05) is 49.9 Å². The van der Waals surface area contributed by atoms with Crippen LogP contribution in [0.2, 0.25) is 0 Å². The molecule has 0 aliphatic carbocycles. The third-order valence-corrected chi connectivity index (χ3v) is 4.99. The molecule has 0 saturated heterocycles. The molecular formula is C22H25N5O6. The van der Waals surface area contributed by atoms with Gasteiger partial charge in [0.1, 0.15) is 0 Å². The van der Waals surface area contributed by atoms with Crippen molar-refractivity contribution in [2.24, 2.45) is 0 Å². The van der Waals surface area contributed by atoms with E-state index < -0.39 is 4.92 Å². The molecule has 0 atom stereocenters. The number of carbonyl (C=O) groups is 1. The van der Waals surface area contributed by atoms with E-state index in [2.05, 4.69) is 15.6 Å². The summed E-state index contributed by atoms with van der Waals surface area (Å²) >= 11 is 0. The van der Waals surface area contributed by atoms with Crippen LogP contribution in [0.4, 0.5) is 11.4 Å². The molecule has 0 aliphatic heterocycles. The van der Waals surface area contributed by atoms with Gasteiger partial charge in [-0.25, -0.2) is 4.98 Å². The molecule has 174 valence electrons. The van der Waals surface area contributed by atoms with Gasteiger partial charge in [-0.15, -0.1) is 0 Å². The van der Waals surface area contributed by atoms with Gasteiger partial charge in [0.2, 0.25) is 5.91 Å². The van der Waals surface area contributed by atoms with E-state index in [1.54, 1.807) is 24.3 Å². The fourth-order valence-electron chi connectivity index (χ4n) is 3.25. The molecule has 1 amide bonds. The molecule has 11 heteroatoms. The number of nitrogens with one attached hydrogen (secondary N) is 2. The van der Waals surface area contributed by atoms with Crippen molar-refractivity contribution in [2.75, 3.05) is 32.6 Å². The molecule has 1 aromatic heterocycles. The van der Waals surface area contributed by atoms with Gasteiger partial charge in [0.15, 0.2) is 11.5 Å². The topological polar surface area (TPSA) is 138 Å². The minimum absolute atomic E-state index is 0.0217. The van der Waals surface area contributed by atoms with Crippen molar-refractivity contribution in [3.8, 4) is 11.5 Å². The number of hydrogen-bond donors (Lipinski definition) is 2.